The van der Waals surface area contributed by atoms with Crippen molar-refractivity contribution < 1.29 is 9.53 Å². The van der Waals surface area contributed by atoms with Crippen molar-refractivity contribution in [3.8, 4) is 0 Å². The summed E-state index contributed by atoms with van der Waals surface area (Å²) >= 11 is 5.76. The van der Waals surface area contributed by atoms with Gasteiger partial charge in [0.1, 0.15) is 0 Å². The molecule has 0 saturated heterocycles. The highest BCUT2D eigenvalue weighted by Crippen LogP contribution is 2.30. The van der Waals surface area contributed by atoms with Gasteiger partial charge in [0.25, 0.3) is 0 Å². The maximum atomic E-state index is 12.3. The number of carbonyl (C=O) groups excluding carboxylic acids is 1. The van der Waals surface area contributed by atoms with Crippen molar-refractivity contribution in [2.45, 2.75) is 45.8 Å². The van der Waals surface area contributed by atoms with Gasteiger partial charge in [-0.05, 0) is 51.3 Å². The monoisotopic (exact) mass is 355 g/mol. The van der Waals surface area contributed by atoms with E-state index < -0.39 is 0 Å². The number of thiocarbonyl (C=S) groups is 1. The topological polar surface area (TPSA) is 29.5 Å². The van der Waals surface area contributed by atoms with Gasteiger partial charge in [-0.2, -0.15) is 0 Å². The Labute approximate surface area is 155 Å². The molecule has 2 unspecified atom stereocenters. The van der Waals surface area contributed by atoms with Crippen LogP contribution in [-0.2, 0) is 9.53 Å². The van der Waals surface area contributed by atoms with Crippen LogP contribution in [0.3, 0.4) is 0 Å². The van der Waals surface area contributed by atoms with Crippen molar-refractivity contribution in [2.24, 2.45) is 5.92 Å². The van der Waals surface area contributed by atoms with Gasteiger partial charge in [0, 0.05) is 17.1 Å². The number of fused-ring (bicyclic) bond motifs is 1. The molecule has 25 heavy (non-hydrogen) atoms. The van der Waals surface area contributed by atoms with Crippen LogP contribution < -0.4 is 0 Å². The van der Waals surface area contributed by atoms with Crippen LogP contribution in [0.2, 0.25) is 0 Å². The van der Waals surface area contributed by atoms with Gasteiger partial charge in [-0.25, -0.2) is 0 Å². The van der Waals surface area contributed by atoms with Crippen LogP contribution in [0.4, 0.5) is 0 Å². The summed E-state index contributed by atoms with van der Waals surface area (Å²) in [5.41, 5.74) is 3.41. The smallest absolute Gasteiger partial charge is 0.313 e. The Morgan fingerprint density at radius 2 is 2.00 bits per heavy atom. The van der Waals surface area contributed by atoms with Gasteiger partial charge in [-0.1, -0.05) is 48.1 Å². The molecule has 3 rings (SSSR count). The molecule has 0 amide bonds. The highest BCUT2D eigenvalue weighted by Gasteiger charge is 2.31. The SMILES string of the molecule is Cc1ccc(C(=S)C2C=CC3=CC(C(=O)OC(C)C)CCCN32)cc1. The first-order valence-corrected chi connectivity index (χ1v) is 9.34. The molecule has 0 aromatic heterocycles. The molecule has 3 nitrogen and oxygen atoms in total. The molecule has 132 valence electrons. The minimum absolute atomic E-state index is 0.0776. The summed E-state index contributed by atoms with van der Waals surface area (Å²) < 4.78 is 5.40. The average molecular weight is 356 g/mol. The minimum atomic E-state index is -0.168. The molecule has 1 aromatic rings. The van der Waals surface area contributed by atoms with E-state index in [0.717, 1.165) is 35.5 Å². The fourth-order valence-corrected chi connectivity index (χ4v) is 3.71. The molecule has 2 atom stereocenters. The van der Waals surface area contributed by atoms with Gasteiger partial charge >= 0.3 is 5.97 Å². The van der Waals surface area contributed by atoms with Crippen LogP contribution in [0, 0.1) is 12.8 Å². The number of hydrogen-bond donors (Lipinski definition) is 0. The number of carbonyl (C=O) groups is 1. The highest BCUT2D eigenvalue weighted by atomic mass is 32.1. The predicted octanol–water partition coefficient (Wildman–Crippen LogP) is 4.20. The third kappa shape index (κ3) is 4.01. The second-order valence-corrected chi connectivity index (χ2v) is 7.49. The lowest BCUT2D eigenvalue weighted by atomic mass is 10.0. The Morgan fingerprint density at radius 3 is 2.68 bits per heavy atom. The van der Waals surface area contributed by atoms with Crippen molar-refractivity contribution in [2.75, 3.05) is 6.54 Å². The Hall–Kier alpha value is -1.94. The molecule has 2 heterocycles. The lowest BCUT2D eigenvalue weighted by Crippen LogP contribution is -2.35. The Balaban J connectivity index is 1.77. The van der Waals surface area contributed by atoms with E-state index in [4.69, 9.17) is 17.0 Å². The van der Waals surface area contributed by atoms with Crippen LogP contribution >= 0.6 is 12.2 Å². The number of benzene rings is 1. The molecular weight excluding hydrogens is 330 g/mol. The van der Waals surface area contributed by atoms with Gasteiger partial charge in [0.2, 0.25) is 0 Å². The largest absolute Gasteiger partial charge is 0.463 e. The predicted molar refractivity (Wildman–Crippen MR) is 105 cm³/mol. The van der Waals surface area contributed by atoms with Crippen LogP contribution in [0.25, 0.3) is 0 Å². The fraction of sp³-hybridized carbons (Fsp3) is 0.429. The minimum Gasteiger partial charge on any atom is -0.463 e. The highest BCUT2D eigenvalue weighted by molar-refractivity contribution is 7.81. The number of ether oxygens (including phenoxy) is 1. The third-order valence-corrected chi connectivity index (χ3v) is 5.14. The van der Waals surface area contributed by atoms with Crippen LogP contribution in [0.1, 0.15) is 37.8 Å². The number of hydrogen-bond acceptors (Lipinski definition) is 4. The number of esters is 1. The molecule has 0 saturated carbocycles. The second kappa shape index (κ2) is 7.52. The summed E-state index contributed by atoms with van der Waals surface area (Å²) in [6.45, 7) is 6.76. The molecule has 4 heteroatoms. The van der Waals surface area contributed by atoms with Crippen LogP contribution in [0.5, 0.6) is 0 Å². The number of aryl methyl sites for hydroxylation is 1. The van der Waals surface area contributed by atoms with Crippen molar-refractivity contribution in [3.63, 3.8) is 0 Å². The van der Waals surface area contributed by atoms with Crippen molar-refractivity contribution >= 4 is 23.1 Å². The van der Waals surface area contributed by atoms with E-state index in [1.54, 1.807) is 0 Å². The maximum Gasteiger partial charge on any atom is 0.313 e. The molecule has 1 aromatic carbocycles. The van der Waals surface area contributed by atoms with Gasteiger partial charge in [0.05, 0.1) is 18.1 Å². The second-order valence-electron chi connectivity index (χ2n) is 7.05. The normalized spacial score (nSPS) is 22.4. The summed E-state index contributed by atoms with van der Waals surface area (Å²) in [5.74, 6) is -0.291. The molecule has 2 aliphatic heterocycles. The summed E-state index contributed by atoms with van der Waals surface area (Å²) in [4.78, 5) is 15.5. The van der Waals surface area contributed by atoms with Crippen molar-refractivity contribution in [1.29, 1.82) is 0 Å². The summed E-state index contributed by atoms with van der Waals surface area (Å²) in [7, 11) is 0. The maximum absolute atomic E-state index is 12.3. The first kappa shape index (κ1) is 17.9. The average Bonchev–Trinajstić information content (AvgIpc) is 2.84. The molecule has 0 radical (unpaired) electrons. The first-order valence-electron chi connectivity index (χ1n) is 8.94. The number of rotatable bonds is 4. The zero-order valence-electron chi connectivity index (χ0n) is 15.1. The van der Waals surface area contributed by atoms with E-state index in [-0.39, 0.29) is 24.0 Å². The fourth-order valence-electron chi connectivity index (χ4n) is 3.36. The molecular formula is C21H25NO2S. The molecule has 0 bridgehead atoms. The lowest BCUT2D eigenvalue weighted by molar-refractivity contribution is -0.150. The molecule has 2 aliphatic rings. The van der Waals surface area contributed by atoms with Gasteiger partial charge < -0.3 is 9.64 Å². The first-order chi connectivity index (χ1) is 12.0. The van der Waals surface area contributed by atoms with E-state index >= 15 is 0 Å². The van der Waals surface area contributed by atoms with Gasteiger partial charge in [-0.15, -0.1) is 0 Å². The van der Waals surface area contributed by atoms with Crippen molar-refractivity contribution in [3.05, 3.63) is 59.3 Å². The van der Waals surface area contributed by atoms with E-state index in [1.165, 1.54) is 5.56 Å². The summed E-state index contributed by atoms with van der Waals surface area (Å²) in [5, 5.41) is 0. The molecule has 0 spiro atoms. The molecule has 0 fully saturated rings. The quantitative estimate of drug-likeness (QED) is 0.460. The summed E-state index contributed by atoms with van der Waals surface area (Å²) in [6.07, 6.45) is 7.98. The Kier molecular flexibility index (Phi) is 5.38. The van der Waals surface area contributed by atoms with E-state index in [1.807, 2.05) is 19.9 Å². The zero-order chi connectivity index (χ0) is 18.0. The van der Waals surface area contributed by atoms with E-state index in [9.17, 15) is 4.79 Å². The van der Waals surface area contributed by atoms with Crippen LogP contribution in [-0.4, -0.2) is 34.4 Å². The molecule has 0 aliphatic carbocycles. The van der Waals surface area contributed by atoms with E-state index in [2.05, 4.69) is 48.2 Å². The van der Waals surface area contributed by atoms with Crippen LogP contribution in [0.15, 0.2) is 48.2 Å². The Morgan fingerprint density at radius 1 is 1.28 bits per heavy atom. The zero-order valence-corrected chi connectivity index (χ0v) is 15.9. The van der Waals surface area contributed by atoms with E-state index in [0.29, 0.717) is 0 Å². The molecule has 0 N–H and O–H groups in total. The van der Waals surface area contributed by atoms with Crippen molar-refractivity contribution in [1.82, 2.24) is 4.90 Å². The number of nitrogens with zero attached hydrogens (tertiary/aromatic N) is 1. The lowest BCUT2D eigenvalue weighted by Gasteiger charge is -2.27. The Bertz CT molecular complexity index is 718. The van der Waals surface area contributed by atoms with Gasteiger partial charge in [0.15, 0.2) is 0 Å². The number of allylic oxidation sites excluding steroid dienone is 1. The third-order valence-electron chi connectivity index (χ3n) is 4.66. The van der Waals surface area contributed by atoms with Gasteiger partial charge in [-0.3, -0.25) is 4.79 Å². The standard InChI is InChI=1S/C21H25NO2S/c1-14(2)24-21(23)17-5-4-12-22-18(13-17)10-11-19(22)20(25)16-8-6-15(3)7-9-16/h6-11,13-14,17,19H,4-5,12H2,1-3H3. The summed E-state index contributed by atoms with van der Waals surface area (Å²) in [6, 6.07) is 8.46.